The first-order valence-electron chi connectivity index (χ1n) is 45.3. The zero-order chi connectivity index (χ0) is 90.4. The average Bonchev–Trinajstić information content (AvgIpc) is 1.63. The molecule has 11 heterocycles. The summed E-state index contributed by atoms with van der Waals surface area (Å²) in [6.45, 7) is 0. The van der Waals surface area contributed by atoms with Crippen molar-refractivity contribution in [2.45, 2.75) is 0 Å². The monoisotopic (exact) mass is 1820 g/mol. The number of rotatable bonds is 12. The molecular weight excluding hydrogens is 1750 g/mol. The van der Waals surface area contributed by atoms with Crippen molar-refractivity contribution < 1.29 is 0 Å². The maximum Gasteiger partial charge on any atom is 0.160 e. The van der Waals surface area contributed by atoms with Crippen LogP contribution in [-0.2, 0) is 0 Å². The number of hydrogen-bond acceptors (Lipinski definition) is 15. The first-order chi connectivity index (χ1) is 67.8. The molecule has 0 amide bonds. The van der Waals surface area contributed by atoms with Crippen LogP contribution in [-0.4, -0.2) is 59.4 Å². The Morgan fingerprint density at radius 3 is 1.29 bits per heavy atom. The van der Waals surface area contributed by atoms with Crippen LogP contribution < -0.4 is 0 Å². The van der Waals surface area contributed by atoms with E-state index < -0.39 is 0 Å². The molecule has 0 aliphatic carbocycles. The summed E-state index contributed by atoms with van der Waals surface area (Å²) >= 11 is 6.95. The molecule has 0 atom stereocenters. The summed E-state index contributed by atoms with van der Waals surface area (Å²) in [5, 5.41) is 8.12. The van der Waals surface area contributed by atoms with Gasteiger partial charge in [0.1, 0.15) is 26.5 Å². The van der Waals surface area contributed by atoms with Gasteiger partial charge in [0.15, 0.2) is 17.3 Å². The molecule has 0 spiro atoms. The van der Waals surface area contributed by atoms with Crippen molar-refractivity contribution in [3.05, 3.63) is 437 Å². The highest BCUT2D eigenvalue weighted by Crippen LogP contribution is 2.46. The first-order valence-corrected chi connectivity index (χ1v) is 48.6. The number of fused-ring (bicyclic) bond motifs is 18. The Morgan fingerprint density at radius 2 is 0.613 bits per heavy atom. The molecule has 0 saturated carbocycles. The lowest BCUT2D eigenvalue weighted by molar-refractivity contribution is 1.10. The smallest absolute Gasteiger partial charge is 0.160 e. The normalized spacial score (nSPS) is 11.6. The maximum absolute atomic E-state index is 5.14. The highest BCUT2D eigenvalue weighted by molar-refractivity contribution is 7.27. The second-order valence-electron chi connectivity index (χ2n) is 33.9. The minimum atomic E-state index is 0.722. The third-order valence-corrected chi connectivity index (χ3v) is 30.0. The number of para-hydroxylation sites is 6. The van der Waals surface area contributed by atoms with Gasteiger partial charge >= 0.3 is 0 Å². The van der Waals surface area contributed by atoms with Crippen LogP contribution in [0.15, 0.2) is 437 Å². The zero-order valence-corrected chi connectivity index (χ0v) is 76.3. The van der Waals surface area contributed by atoms with E-state index in [1.165, 1.54) is 50.8 Å². The predicted octanol–water partition coefficient (Wildman–Crippen LogP) is 32.8. The fraction of sp³-hybridized carbons (Fsp3) is 0. The van der Waals surface area contributed by atoms with Crippen LogP contribution in [0.4, 0.5) is 0 Å². The number of thiophene rings is 4. The molecule has 0 bridgehead atoms. The van der Waals surface area contributed by atoms with E-state index in [4.69, 9.17) is 49.8 Å². The third-order valence-electron chi connectivity index (χ3n) is 25.5. The van der Waals surface area contributed by atoms with E-state index in [0.29, 0.717) is 0 Å². The Hall–Kier alpha value is -17.3. The lowest BCUT2D eigenvalue weighted by atomic mass is 9.98. The molecule has 0 saturated heterocycles. The lowest BCUT2D eigenvalue weighted by Gasteiger charge is -2.11. The van der Waals surface area contributed by atoms with E-state index in [0.717, 1.165) is 215 Å². The van der Waals surface area contributed by atoms with E-state index in [1.807, 2.05) is 85.1 Å². The highest BCUT2D eigenvalue weighted by atomic mass is 32.1. The van der Waals surface area contributed by atoms with Crippen molar-refractivity contribution in [1.29, 1.82) is 0 Å². The van der Waals surface area contributed by atoms with Gasteiger partial charge in [0.25, 0.3) is 0 Å². The molecule has 28 rings (SSSR count). The highest BCUT2D eigenvalue weighted by Gasteiger charge is 2.23. The fourth-order valence-electron chi connectivity index (χ4n) is 18.8. The first kappa shape index (κ1) is 80.6. The van der Waals surface area contributed by atoms with Crippen molar-refractivity contribution in [2.75, 3.05) is 0 Å². The summed E-state index contributed by atoms with van der Waals surface area (Å²) in [6.07, 6.45) is 1.82. The molecule has 137 heavy (non-hydrogen) atoms. The topological polar surface area (TPSA) is 147 Å². The Labute approximate surface area is 801 Å². The molecule has 28 aromatic rings. The number of hydrogen-bond donors (Lipinski definition) is 0. The Bertz CT molecular complexity index is 9600. The second-order valence-corrected chi connectivity index (χ2v) is 38.0. The predicted molar refractivity (Wildman–Crippen MR) is 573 cm³/mol. The summed E-state index contributed by atoms with van der Waals surface area (Å²) in [4.78, 5) is 56.7. The molecule has 12 nitrogen and oxygen atoms in total. The molecule has 0 fully saturated rings. The van der Waals surface area contributed by atoms with Crippen LogP contribution in [0.25, 0.3) is 266 Å². The molecule has 0 aliphatic heterocycles. The van der Waals surface area contributed by atoms with Gasteiger partial charge in [-0.05, 0) is 159 Å². The van der Waals surface area contributed by atoms with Gasteiger partial charge in [-0.15, -0.1) is 45.3 Å². The summed E-state index contributed by atoms with van der Waals surface area (Å²) < 4.78 is 9.44. The summed E-state index contributed by atoms with van der Waals surface area (Å²) in [6, 6.07) is 150. The molecule has 640 valence electrons. The molecule has 0 radical (unpaired) electrons. The number of aromatic nitrogens is 12. The number of pyridine rings is 2. The fourth-order valence-corrected chi connectivity index (χ4v) is 23.2. The van der Waals surface area contributed by atoms with Crippen molar-refractivity contribution in [3.63, 3.8) is 0 Å². The van der Waals surface area contributed by atoms with E-state index in [1.54, 1.807) is 45.3 Å². The van der Waals surface area contributed by atoms with Gasteiger partial charge in [-0.2, -0.15) is 0 Å². The van der Waals surface area contributed by atoms with Gasteiger partial charge in [0.2, 0.25) is 0 Å². The molecule has 17 aromatic carbocycles. The van der Waals surface area contributed by atoms with Crippen LogP contribution in [0.5, 0.6) is 0 Å². The summed E-state index contributed by atoms with van der Waals surface area (Å²) in [7, 11) is 0. The van der Waals surface area contributed by atoms with Crippen molar-refractivity contribution in [1.82, 2.24) is 59.4 Å². The van der Waals surface area contributed by atoms with Crippen molar-refractivity contribution in [3.8, 4) is 129 Å². The van der Waals surface area contributed by atoms with Gasteiger partial charge in [0.05, 0.1) is 70.6 Å². The van der Waals surface area contributed by atoms with Gasteiger partial charge in [0, 0.05) is 102 Å². The maximum atomic E-state index is 5.14. The number of benzene rings is 17. The standard InChI is InChI=1S/C42H24N4S2.C40H24N4S.C39H24N4S/c1-2-9-26(10-3-1)37-40-38(31-13-4-6-15-35(31)47-40)46-41(45-37)27-19-17-25(18-20-27)28-11-8-12-29(23-28)30-21-22-33-34(24-30)43-39-32-14-5-7-16-36(32)48-42(39)44-33;1-2-9-27(10-3-1)37-31-13-4-5-14-33(31)42-39(44-37)30-12-8-11-28(23-30)25-17-19-26(20-18-25)29-21-22-32-36(24-29)45-40-38(32)41-34-15-6-7-16-35(34)43-40;1-2-9-29(10-3-1)43-33-14-6-5-13-32(33)41-39(43)28-22-18-26(19-23-28)25-16-20-27(21-17-25)36-37-35(30-11-4-7-15-34(30)44-37)31-12-8-24-40-38(31)42-36/h1-24H;1-24H;1-24H. The Balaban J connectivity index is 0.000000107. The molecule has 0 N–H and O–H groups in total. The second kappa shape index (κ2) is 34.1. The number of imidazole rings is 1. The lowest BCUT2D eigenvalue weighted by Crippen LogP contribution is -1.97. The summed E-state index contributed by atoms with van der Waals surface area (Å²) in [5.74, 6) is 2.39. The van der Waals surface area contributed by atoms with E-state index in [9.17, 15) is 0 Å². The van der Waals surface area contributed by atoms with Crippen LogP contribution in [0.2, 0.25) is 0 Å². The SMILES string of the molecule is c1ccc(-c2nc(-c3ccc(-c4cccc(-c5ccc6nc7sc8ccccc8c7nc6c5)c4)cc3)nc3c2sc2ccccc23)cc1.c1ccc(-c2nc(-c3cccc(-c4ccc(-c5ccc6c(c5)sc5nc7ccccc7nc56)cc4)c3)nc3ccccc23)cc1.c1ccc(-n2c(-c3ccc(-c4ccc(-c5nc6ncccc6c6c5sc5ccccc56)cc4)cc3)nc3ccccc32)cc1. The molecule has 16 heteroatoms. The van der Waals surface area contributed by atoms with E-state index in [-0.39, 0.29) is 0 Å². The zero-order valence-electron chi connectivity index (χ0n) is 73.1. The molecule has 11 aromatic heterocycles. The third kappa shape index (κ3) is 14.9. The molecule has 0 unspecified atom stereocenters. The van der Waals surface area contributed by atoms with Crippen molar-refractivity contribution >= 4 is 182 Å². The van der Waals surface area contributed by atoms with E-state index in [2.05, 4.69) is 361 Å². The van der Waals surface area contributed by atoms with Gasteiger partial charge < -0.3 is 0 Å². The average molecular weight is 1820 g/mol. The Morgan fingerprint density at radius 1 is 0.197 bits per heavy atom. The minimum absolute atomic E-state index is 0.722. The van der Waals surface area contributed by atoms with Crippen LogP contribution in [0.3, 0.4) is 0 Å². The number of nitrogens with zero attached hydrogens (tertiary/aromatic N) is 12. The van der Waals surface area contributed by atoms with Crippen molar-refractivity contribution in [2.24, 2.45) is 0 Å². The van der Waals surface area contributed by atoms with E-state index >= 15 is 0 Å². The van der Waals surface area contributed by atoms with Crippen LogP contribution in [0, 0.1) is 0 Å². The van der Waals surface area contributed by atoms with Gasteiger partial charge in [-0.25, -0.2) is 54.8 Å². The van der Waals surface area contributed by atoms with Gasteiger partial charge in [-0.3, -0.25) is 4.57 Å². The van der Waals surface area contributed by atoms with Crippen LogP contribution >= 0.6 is 45.3 Å². The molecule has 0 aliphatic rings. The summed E-state index contributed by atoms with van der Waals surface area (Å²) in [5.41, 5.74) is 32.2. The van der Waals surface area contributed by atoms with Gasteiger partial charge in [-0.1, -0.05) is 328 Å². The largest absolute Gasteiger partial charge is 0.292 e. The molecular formula is C121H72N12S4. The van der Waals surface area contributed by atoms with Crippen LogP contribution in [0.1, 0.15) is 0 Å². The quantitative estimate of drug-likeness (QED) is 0.115. The minimum Gasteiger partial charge on any atom is -0.292 e. The Kier molecular flexibility index (Phi) is 20.1.